The maximum atomic E-state index is 6.03. The van der Waals surface area contributed by atoms with Gasteiger partial charge in [-0.2, -0.15) is 0 Å². The molecule has 0 aliphatic rings. The highest BCUT2D eigenvalue weighted by atomic mass is 35.5. The second-order valence-electron chi connectivity index (χ2n) is 4.60. The Bertz CT molecular complexity index is 563. The maximum Gasteiger partial charge on any atom is 0.127 e. The minimum absolute atomic E-state index is 0.121. The van der Waals surface area contributed by atoms with Crippen LogP contribution in [0.2, 0.25) is 4.34 Å². The van der Waals surface area contributed by atoms with Crippen molar-refractivity contribution in [3.63, 3.8) is 0 Å². The fraction of sp³-hybridized carbons (Fsp3) is 0.375. The minimum Gasteiger partial charge on any atom is -0.496 e. The molecule has 0 bridgehead atoms. The molecule has 1 heterocycles. The summed E-state index contributed by atoms with van der Waals surface area (Å²) in [5.41, 5.74) is 1.05. The summed E-state index contributed by atoms with van der Waals surface area (Å²) in [6.07, 6.45) is 0.849. The third-order valence-electron chi connectivity index (χ3n) is 3.30. The Morgan fingerprint density at radius 3 is 2.29 bits per heavy atom. The molecule has 0 aliphatic heterocycles. The van der Waals surface area contributed by atoms with E-state index in [0.29, 0.717) is 0 Å². The van der Waals surface area contributed by atoms with Crippen LogP contribution < -0.4 is 14.8 Å². The van der Waals surface area contributed by atoms with Crippen LogP contribution in [0.4, 0.5) is 0 Å². The fourth-order valence-corrected chi connectivity index (χ4v) is 3.54. The molecule has 1 N–H and O–H groups in total. The Morgan fingerprint density at radius 1 is 1.14 bits per heavy atom. The van der Waals surface area contributed by atoms with Crippen molar-refractivity contribution in [2.75, 3.05) is 20.8 Å². The number of rotatable bonds is 7. The highest BCUT2D eigenvalue weighted by Crippen LogP contribution is 2.36. The van der Waals surface area contributed by atoms with Gasteiger partial charge in [0.2, 0.25) is 0 Å². The Kier molecular flexibility index (Phi) is 5.91. The molecular weight excluding hydrogens is 306 g/mol. The van der Waals surface area contributed by atoms with Crippen LogP contribution in [0.15, 0.2) is 30.3 Å². The summed E-state index contributed by atoms with van der Waals surface area (Å²) in [4.78, 5) is 1.24. The summed E-state index contributed by atoms with van der Waals surface area (Å²) in [5, 5.41) is 3.51. The van der Waals surface area contributed by atoms with E-state index in [0.717, 1.165) is 34.4 Å². The van der Waals surface area contributed by atoms with Crippen molar-refractivity contribution >= 4 is 22.9 Å². The van der Waals surface area contributed by atoms with E-state index in [1.54, 1.807) is 25.6 Å². The summed E-state index contributed by atoms with van der Waals surface area (Å²) in [6, 6.07) is 9.98. The molecule has 0 amide bonds. The number of benzene rings is 1. The van der Waals surface area contributed by atoms with E-state index in [1.165, 1.54) is 4.88 Å². The van der Waals surface area contributed by atoms with Crippen LogP contribution in [0.5, 0.6) is 11.5 Å². The number of hydrogen-bond donors (Lipinski definition) is 1. The predicted molar refractivity (Wildman–Crippen MR) is 89.0 cm³/mol. The molecule has 1 aromatic carbocycles. The first-order valence-corrected chi connectivity index (χ1v) is 8.07. The molecule has 0 saturated carbocycles. The highest BCUT2D eigenvalue weighted by molar-refractivity contribution is 7.16. The Balaban J connectivity index is 2.37. The van der Waals surface area contributed by atoms with Gasteiger partial charge in [-0.15, -0.1) is 11.3 Å². The molecule has 2 aromatic rings. The van der Waals surface area contributed by atoms with Gasteiger partial charge >= 0.3 is 0 Å². The van der Waals surface area contributed by atoms with Gasteiger partial charge in [0.05, 0.1) is 24.1 Å². The number of likely N-dealkylation sites (N-methyl/N-ethyl adjacent to an activating group) is 1. The first-order valence-electron chi connectivity index (χ1n) is 6.88. The van der Waals surface area contributed by atoms with Gasteiger partial charge < -0.3 is 14.8 Å². The van der Waals surface area contributed by atoms with Gasteiger partial charge in [0.25, 0.3) is 0 Å². The molecule has 114 valence electrons. The zero-order valence-electron chi connectivity index (χ0n) is 12.5. The Labute approximate surface area is 134 Å². The van der Waals surface area contributed by atoms with E-state index in [9.17, 15) is 0 Å². The second kappa shape index (κ2) is 7.69. The quantitative estimate of drug-likeness (QED) is 0.822. The number of halogens is 1. The van der Waals surface area contributed by atoms with Crippen molar-refractivity contribution in [1.29, 1.82) is 0 Å². The molecule has 1 aromatic heterocycles. The molecular formula is C16H20ClNO2S. The van der Waals surface area contributed by atoms with Gasteiger partial charge in [0, 0.05) is 17.3 Å². The SMILES string of the molecule is CCNC(Cc1ccc(Cl)s1)c1c(OC)cccc1OC. The predicted octanol–water partition coefficient (Wildman–Crippen LogP) is 4.31. The topological polar surface area (TPSA) is 30.5 Å². The molecule has 5 heteroatoms. The first-order chi connectivity index (χ1) is 10.2. The number of hydrogen-bond acceptors (Lipinski definition) is 4. The lowest BCUT2D eigenvalue weighted by Crippen LogP contribution is -2.23. The molecule has 0 saturated heterocycles. The molecule has 0 aliphatic carbocycles. The normalized spacial score (nSPS) is 12.2. The minimum atomic E-state index is 0.121. The van der Waals surface area contributed by atoms with E-state index in [4.69, 9.17) is 21.1 Å². The van der Waals surface area contributed by atoms with Crippen LogP contribution in [-0.4, -0.2) is 20.8 Å². The molecule has 21 heavy (non-hydrogen) atoms. The van der Waals surface area contributed by atoms with Gasteiger partial charge in [-0.1, -0.05) is 24.6 Å². The van der Waals surface area contributed by atoms with E-state index < -0.39 is 0 Å². The van der Waals surface area contributed by atoms with Crippen molar-refractivity contribution in [2.24, 2.45) is 0 Å². The average molecular weight is 326 g/mol. The third-order valence-corrected chi connectivity index (χ3v) is 4.55. The fourth-order valence-electron chi connectivity index (χ4n) is 2.41. The van der Waals surface area contributed by atoms with Crippen LogP contribution in [0.1, 0.15) is 23.4 Å². The van der Waals surface area contributed by atoms with Crippen LogP contribution in [-0.2, 0) is 6.42 Å². The van der Waals surface area contributed by atoms with Crippen LogP contribution in [0.25, 0.3) is 0 Å². The summed E-state index contributed by atoms with van der Waals surface area (Å²) >= 11 is 7.64. The summed E-state index contributed by atoms with van der Waals surface area (Å²) in [6.45, 7) is 2.96. The van der Waals surface area contributed by atoms with Gasteiger partial charge in [0.15, 0.2) is 0 Å². The van der Waals surface area contributed by atoms with Gasteiger partial charge in [0.1, 0.15) is 11.5 Å². The van der Waals surface area contributed by atoms with Crippen molar-refractivity contribution in [1.82, 2.24) is 5.32 Å². The standard InChI is InChI=1S/C16H20ClNO2S/c1-4-18-12(10-11-8-9-15(17)21-11)16-13(19-2)6-5-7-14(16)20-3/h5-9,12,18H,4,10H2,1-3H3. The van der Waals surface area contributed by atoms with Crippen molar-refractivity contribution in [3.05, 3.63) is 45.1 Å². The molecule has 0 fully saturated rings. The molecule has 0 spiro atoms. The van der Waals surface area contributed by atoms with Crippen molar-refractivity contribution < 1.29 is 9.47 Å². The van der Waals surface area contributed by atoms with Crippen LogP contribution >= 0.6 is 22.9 Å². The zero-order chi connectivity index (χ0) is 15.2. The lowest BCUT2D eigenvalue weighted by atomic mass is 10.0. The van der Waals surface area contributed by atoms with Gasteiger partial charge in [-0.3, -0.25) is 0 Å². The lowest BCUT2D eigenvalue weighted by Gasteiger charge is -2.22. The third kappa shape index (κ3) is 3.90. The zero-order valence-corrected chi connectivity index (χ0v) is 14.1. The lowest BCUT2D eigenvalue weighted by molar-refractivity contribution is 0.371. The first kappa shape index (κ1) is 16.1. The van der Waals surface area contributed by atoms with Crippen molar-refractivity contribution in [2.45, 2.75) is 19.4 Å². The second-order valence-corrected chi connectivity index (χ2v) is 6.40. The Morgan fingerprint density at radius 2 is 1.81 bits per heavy atom. The van der Waals surface area contributed by atoms with E-state index >= 15 is 0 Å². The van der Waals surface area contributed by atoms with Crippen molar-refractivity contribution in [3.8, 4) is 11.5 Å². The number of thiophene rings is 1. The van der Waals surface area contributed by atoms with E-state index in [-0.39, 0.29) is 6.04 Å². The summed E-state index contributed by atoms with van der Waals surface area (Å²) < 4.78 is 11.8. The van der Waals surface area contributed by atoms with Gasteiger partial charge in [-0.25, -0.2) is 0 Å². The Hall–Kier alpha value is -1.23. The molecule has 3 nitrogen and oxygen atoms in total. The number of ether oxygens (including phenoxy) is 2. The summed E-state index contributed by atoms with van der Waals surface area (Å²) in [7, 11) is 3.37. The average Bonchev–Trinajstić information content (AvgIpc) is 2.91. The highest BCUT2D eigenvalue weighted by Gasteiger charge is 2.21. The monoisotopic (exact) mass is 325 g/mol. The molecule has 0 radical (unpaired) electrons. The molecule has 1 unspecified atom stereocenters. The largest absolute Gasteiger partial charge is 0.496 e. The maximum absolute atomic E-state index is 6.03. The van der Waals surface area contributed by atoms with E-state index in [1.807, 2.05) is 24.3 Å². The number of methoxy groups -OCH3 is 2. The van der Waals surface area contributed by atoms with Crippen LogP contribution in [0.3, 0.4) is 0 Å². The summed E-state index contributed by atoms with van der Waals surface area (Å²) in [5.74, 6) is 1.67. The molecule has 1 atom stereocenters. The van der Waals surface area contributed by atoms with Gasteiger partial charge in [-0.05, 0) is 30.8 Å². The smallest absolute Gasteiger partial charge is 0.127 e. The van der Waals surface area contributed by atoms with Crippen LogP contribution in [0, 0.1) is 0 Å². The number of nitrogens with one attached hydrogen (secondary N) is 1. The van der Waals surface area contributed by atoms with E-state index in [2.05, 4.69) is 18.3 Å². The molecule has 2 rings (SSSR count).